The fraction of sp³-hybridized carbons (Fsp3) is 0.263. The van der Waals surface area contributed by atoms with Crippen molar-refractivity contribution in [1.29, 1.82) is 0 Å². The molecule has 1 aliphatic heterocycles. The first-order chi connectivity index (χ1) is 12.9. The molecule has 1 saturated heterocycles. The van der Waals surface area contributed by atoms with E-state index >= 15 is 0 Å². The van der Waals surface area contributed by atoms with Crippen LogP contribution in [0.25, 0.3) is 0 Å². The van der Waals surface area contributed by atoms with Crippen LogP contribution in [0.2, 0.25) is 0 Å². The van der Waals surface area contributed by atoms with Gasteiger partial charge in [-0.3, -0.25) is 9.59 Å². The van der Waals surface area contributed by atoms with Crippen LogP contribution in [-0.4, -0.2) is 32.6 Å². The predicted octanol–water partition coefficient (Wildman–Crippen LogP) is 3.60. The Morgan fingerprint density at radius 2 is 2.00 bits per heavy atom. The number of ether oxygens (including phenoxy) is 2. The van der Waals surface area contributed by atoms with E-state index < -0.39 is 11.7 Å². The highest BCUT2D eigenvalue weighted by molar-refractivity contribution is 9.10. The molecule has 0 radical (unpaired) electrons. The average Bonchev–Trinajstić information content (AvgIpc) is 3.05. The van der Waals surface area contributed by atoms with Crippen LogP contribution < -0.4 is 19.7 Å². The summed E-state index contributed by atoms with van der Waals surface area (Å²) in [6.07, 6.45) is 0.0744. The number of carbonyl (C=O) groups is 2. The third-order valence-electron chi connectivity index (χ3n) is 4.36. The molecule has 0 bridgehead atoms. The zero-order valence-corrected chi connectivity index (χ0v) is 16.4. The minimum Gasteiger partial charge on any atom is -0.497 e. The van der Waals surface area contributed by atoms with Gasteiger partial charge in [0.05, 0.1) is 31.5 Å². The van der Waals surface area contributed by atoms with E-state index in [0.29, 0.717) is 27.3 Å². The van der Waals surface area contributed by atoms with Crippen LogP contribution >= 0.6 is 15.9 Å². The lowest BCUT2D eigenvalue weighted by Crippen LogP contribution is -2.28. The molecule has 0 aliphatic carbocycles. The second-order valence-electron chi connectivity index (χ2n) is 6.06. The molecule has 1 atom stereocenters. The summed E-state index contributed by atoms with van der Waals surface area (Å²) in [6, 6.07) is 9.14. The van der Waals surface area contributed by atoms with Crippen LogP contribution in [0.3, 0.4) is 0 Å². The van der Waals surface area contributed by atoms with Crippen molar-refractivity contribution in [2.24, 2.45) is 5.92 Å². The minimum absolute atomic E-state index is 0.0744. The van der Waals surface area contributed by atoms with Crippen LogP contribution in [0.5, 0.6) is 11.5 Å². The molecule has 0 aromatic heterocycles. The summed E-state index contributed by atoms with van der Waals surface area (Å²) in [5, 5.41) is 2.74. The maximum Gasteiger partial charge on any atom is 0.229 e. The fourth-order valence-corrected chi connectivity index (χ4v) is 3.40. The van der Waals surface area contributed by atoms with Crippen LogP contribution in [-0.2, 0) is 9.59 Å². The van der Waals surface area contributed by atoms with Gasteiger partial charge < -0.3 is 19.7 Å². The van der Waals surface area contributed by atoms with Gasteiger partial charge in [0.15, 0.2) is 0 Å². The number of anilines is 2. The molecule has 1 N–H and O–H groups in total. The Kier molecular flexibility index (Phi) is 5.65. The smallest absolute Gasteiger partial charge is 0.229 e. The zero-order valence-electron chi connectivity index (χ0n) is 14.8. The van der Waals surface area contributed by atoms with E-state index in [1.54, 1.807) is 18.2 Å². The van der Waals surface area contributed by atoms with Crippen molar-refractivity contribution in [3.05, 3.63) is 46.7 Å². The summed E-state index contributed by atoms with van der Waals surface area (Å²) in [5.41, 5.74) is 1.01. The van der Waals surface area contributed by atoms with Crippen LogP contribution in [0.4, 0.5) is 15.8 Å². The van der Waals surface area contributed by atoms with Crippen molar-refractivity contribution < 1.29 is 23.5 Å². The largest absolute Gasteiger partial charge is 0.497 e. The molecular weight excluding hydrogens is 419 g/mol. The van der Waals surface area contributed by atoms with Gasteiger partial charge in [-0.05, 0) is 46.3 Å². The van der Waals surface area contributed by atoms with Crippen molar-refractivity contribution in [2.75, 3.05) is 31.0 Å². The molecule has 1 aliphatic rings. The van der Waals surface area contributed by atoms with Gasteiger partial charge >= 0.3 is 0 Å². The standard InChI is InChI=1S/C19H18BrFN2O4/c1-26-13-4-6-17(27-2)16(9-13)23-10-11(7-18(23)24)19(25)22-15-5-3-12(21)8-14(15)20/h3-6,8-9,11H,7,10H2,1-2H3,(H,22,25). The van der Waals surface area contributed by atoms with E-state index in [0.717, 1.165) is 0 Å². The van der Waals surface area contributed by atoms with E-state index in [1.165, 1.54) is 37.3 Å². The average molecular weight is 437 g/mol. The first-order valence-corrected chi connectivity index (χ1v) is 9.00. The molecule has 2 amide bonds. The van der Waals surface area contributed by atoms with Crippen molar-refractivity contribution >= 4 is 39.1 Å². The Labute approximate surface area is 164 Å². The molecule has 6 nitrogen and oxygen atoms in total. The lowest BCUT2D eigenvalue weighted by Gasteiger charge is -2.20. The predicted molar refractivity (Wildman–Crippen MR) is 103 cm³/mol. The van der Waals surface area contributed by atoms with Gasteiger partial charge in [-0.25, -0.2) is 4.39 Å². The number of nitrogens with one attached hydrogen (secondary N) is 1. The van der Waals surface area contributed by atoms with Gasteiger partial charge in [0.25, 0.3) is 0 Å². The summed E-state index contributed by atoms with van der Waals surface area (Å²) < 4.78 is 24.2. The number of carbonyl (C=O) groups excluding carboxylic acids is 2. The number of nitrogens with zero attached hydrogens (tertiary/aromatic N) is 1. The van der Waals surface area contributed by atoms with Crippen molar-refractivity contribution in [2.45, 2.75) is 6.42 Å². The van der Waals surface area contributed by atoms with E-state index in [2.05, 4.69) is 21.2 Å². The summed E-state index contributed by atoms with van der Waals surface area (Å²) in [4.78, 5) is 26.6. The molecule has 1 unspecified atom stereocenters. The number of hydrogen-bond acceptors (Lipinski definition) is 4. The summed E-state index contributed by atoms with van der Waals surface area (Å²) in [6.45, 7) is 0.215. The van der Waals surface area contributed by atoms with Crippen molar-refractivity contribution in [1.82, 2.24) is 0 Å². The Morgan fingerprint density at radius 3 is 2.67 bits per heavy atom. The van der Waals surface area contributed by atoms with Gasteiger partial charge in [0, 0.05) is 23.5 Å². The molecule has 0 saturated carbocycles. The second kappa shape index (κ2) is 7.96. The van der Waals surface area contributed by atoms with Gasteiger partial charge in [0.2, 0.25) is 11.8 Å². The molecule has 1 fully saturated rings. The van der Waals surface area contributed by atoms with Crippen molar-refractivity contribution in [3.8, 4) is 11.5 Å². The highest BCUT2D eigenvalue weighted by atomic mass is 79.9. The molecule has 3 rings (SSSR count). The molecular formula is C19H18BrFN2O4. The van der Waals surface area contributed by atoms with E-state index in [-0.39, 0.29) is 24.8 Å². The minimum atomic E-state index is -0.537. The number of benzene rings is 2. The molecule has 142 valence electrons. The SMILES string of the molecule is COc1ccc(OC)c(N2CC(C(=O)Nc3ccc(F)cc3Br)CC2=O)c1. The summed E-state index contributed by atoms with van der Waals surface area (Å²) in [5.74, 6) is -0.328. The quantitative estimate of drug-likeness (QED) is 0.777. The van der Waals surface area contributed by atoms with Crippen LogP contribution in [0.1, 0.15) is 6.42 Å². The van der Waals surface area contributed by atoms with E-state index in [9.17, 15) is 14.0 Å². The Bertz CT molecular complexity index is 890. The first kappa shape index (κ1) is 19.2. The third-order valence-corrected chi connectivity index (χ3v) is 5.02. The second-order valence-corrected chi connectivity index (χ2v) is 6.91. The number of halogens is 2. The molecule has 0 spiro atoms. The maximum atomic E-state index is 13.2. The van der Waals surface area contributed by atoms with Gasteiger partial charge in [0.1, 0.15) is 17.3 Å². The molecule has 2 aromatic rings. The third kappa shape index (κ3) is 4.05. The monoisotopic (exact) mass is 436 g/mol. The van der Waals surface area contributed by atoms with E-state index in [1.807, 2.05) is 0 Å². The molecule has 1 heterocycles. The van der Waals surface area contributed by atoms with Gasteiger partial charge in [-0.2, -0.15) is 0 Å². The topological polar surface area (TPSA) is 67.9 Å². The molecule has 8 heteroatoms. The summed E-state index contributed by atoms with van der Waals surface area (Å²) in [7, 11) is 3.05. The number of methoxy groups -OCH3 is 2. The summed E-state index contributed by atoms with van der Waals surface area (Å²) >= 11 is 3.22. The number of hydrogen-bond donors (Lipinski definition) is 1. The lowest BCUT2D eigenvalue weighted by molar-refractivity contribution is -0.122. The van der Waals surface area contributed by atoms with E-state index in [4.69, 9.17) is 9.47 Å². The van der Waals surface area contributed by atoms with Gasteiger partial charge in [-0.1, -0.05) is 0 Å². The number of amides is 2. The normalized spacial score (nSPS) is 16.4. The van der Waals surface area contributed by atoms with Crippen LogP contribution in [0, 0.1) is 11.7 Å². The Hall–Kier alpha value is -2.61. The van der Waals surface area contributed by atoms with Crippen molar-refractivity contribution in [3.63, 3.8) is 0 Å². The molecule has 2 aromatic carbocycles. The zero-order chi connectivity index (χ0) is 19.6. The van der Waals surface area contributed by atoms with Gasteiger partial charge in [-0.15, -0.1) is 0 Å². The Morgan fingerprint density at radius 1 is 1.22 bits per heavy atom. The lowest BCUT2D eigenvalue weighted by atomic mass is 10.1. The number of rotatable bonds is 5. The highest BCUT2D eigenvalue weighted by Gasteiger charge is 2.36. The van der Waals surface area contributed by atoms with Crippen LogP contribution in [0.15, 0.2) is 40.9 Å². The highest BCUT2D eigenvalue weighted by Crippen LogP contribution is 2.36. The Balaban J connectivity index is 1.78. The fourth-order valence-electron chi connectivity index (χ4n) is 2.95. The maximum absolute atomic E-state index is 13.2. The first-order valence-electron chi connectivity index (χ1n) is 8.21. The molecule has 27 heavy (non-hydrogen) atoms.